The molecular formula is C15H20BrN3. The standard InChI is InChI=1S/C15H20BrN3/c1-4-7-19-14(5-6-18-19)10-17-15-11(2)8-13(16)9-12(15)3/h5-6,8-9,17H,4,7,10H2,1-3H3. The third-order valence-electron chi connectivity index (χ3n) is 3.18. The summed E-state index contributed by atoms with van der Waals surface area (Å²) >= 11 is 3.53. The molecule has 0 saturated heterocycles. The molecule has 0 unspecified atom stereocenters. The number of nitrogens with zero attached hydrogens (tertiary/aromatic N) is 2. The predicted octanol–water partition coefficient (Wildman–Crippen LogP) is 4.28. The predicted molar refractivity (Wildman–Crippen MR) is 83.5 cm³/mol. The topological polar surface area (TPSA) is 29.9 Å². The van der Waals surface area contributed by atoms with E-state index in [0.717, 1.165) is 24.0 Å². The van der Waals surface area contributed by atoms with E-state index in [1.807, 2.05) is 6.20 Å². The molecule has 2 rings (SSSR count). The van der Waals surface area contributed by atoms with Crippen LogP contribution in [-0.4, -0.2) is 9.78 Å². The van der Waals surface area contributed by atoms with Crippen molar-refractivity contribution in [3.63, 3.8) is 0 Å². The highest BCUT2D eigenvalue weighted by molar-refractivity contribution is 9.10. The van der Waals surface area contributed by atoms with E-state index in [0.29, 0.717) is 0 Å². The van der Waals surface area contributed by atoms with Crippen molar-refractivity contribution < 1.29 is 0 Å². The Hall–Kier alpha value is -1.29. The Morgan fingerprint density at radius 3 is 2.58 bits per heavy atom. The lowest BCUT2D eigenvalue weighted by atomic mass is 10.1. The maximum absolute atomic E-state index is 4.35. The third kappa shape index (κ3) is 3.38. The van der Waals surface area contributed by atoms with E-state index >= 15 is 0 Å². The molecule has 0 amide bonds. The molecule has 0 radical (unpaired) electrons. The van der Waals surface area contributed by atoms with Gasteiger partial charge in [0, 0.05) is 22.9 Å². The number of anilines is 1. The number of benzene rings is 1. The number of aromatic nitrogens is 2. The Bertz CT molecular complexity index is 537. The van der Waals surface area contributed by atoms with Gasteiger partial charge in [-0.25, -0.2) is 0 Å². The highest BCUT2D eigenvalue weighted by atomic mass is 79.9. The van der Waals surface area contributed by atoms with Crippen LogP contribution < -0.4 is 5.32 Å². The van der Waals surface area contributed by atoms with E-state index in [4.69, 9.17) is 0 Å². The maximum Gasteiger partial charge on any atom is 0.0575 e. The Balaban J connectivity index is 2.12. The third-order valence-corrected chi connectivity index (χ3v) is 3.64. The zero-order valence-corrected chi connectivity index (χ0v) is 13.3. The molecule has 2 aromatic rings. The van der Waals surface area contributed by atoms with E-state index < -0.39 is 0 Å². The quantitative estimate of drug-likeness (QED) is 0.890. The highest BCUT2D eigenvalue weighted by Gasteiger charge is 2.06. The van der Waals surface area contributed by atoms with E-state index in [1.54, 1.807) is 0 Å². The summed E-state index contributed by atoms with van der Waals surface area (Å²) in [5.41, 5.74) is 4.96. The van der Waals surface area contributed by atoms with Crippen molar-refractivity contribution in [3.05, 3.63) is 45.7 Å². The fourth-order valence-electron chi connectivity index (χ4n) is 2.29. The molecule has 0 aliphatic heterocycles. The van der Waals surface area contributed by atoms with Crippen molar-refractivity contribution in [1.29, 1.82) is 0 Å². The summed E-state index contributed by atoms with van der Waals surface area (Å²) in [6.07, 6.45) is 2.97. The lowest BCUT2D eigenvalue weighted by molar-refractivity contribution is 0.578. The first-order chi connectivity index (χ1) is 9.11. The van der Waals surface area contributed by atoms with Gasteiger partial charge >= 0.3 is 0 Å². The van der Waals surface area contributed by atoms with Crippen LogP contribution in [0.2, 0.25) is 0 Å². The van der Waals surface area contributed by atoms with Gasteiger partial charge in [0.15, 0.2) is 0 Å². The average molecular weight is 322 g/mol. The van der Waals surface area contributed by atoms with Gasteiger partial charge in [0.25, 0.3) is 0 Å². The van der Waals surface area contributed by atoms with Gasteiger partial charge in [0.1, 0.15) is 0 Å². The Labute approximate surface area is 123 Å². The fourth-order valence-corrected chi connectivity index (χ4v) is 2.98. The van der Waals surface area contributed by atoms with Crippen LogP contribution >= 0.6 is 15.9 Å². The number of hydrogen-bond acceptors (Lipinski definition) is 2. The smallest absolute Gasteiger partial charge is 0.0575 e. The minimum absolute atomic E-state index is 0.809. The fraction of sp³-hybridized carbons (Fsp3) is 0.400. The molecule has 3 nitrogen and oxygen atoms in total. The van der Waals surface area contributed by atoms with Crippen LogP contribution in [0.15, 0.2) is 28.9 Å². The maximum atomic E-state index is 4.35. The molecule has 102 valence electrons. The van der Waals surface area contributed by atoms with Gasteiger partial charge in [-0.05, 0) is 49.6 Å². The zero-order chi connectivity index (χ0) is 13.8. The van der Waals surface area contributed by atoms with Crippen molar-refractivity contribution in [2.45, 2.75) is 40.3 Å². The van der Waals surface area contributed by atoms with Gasteiger partial charge in [-0.3, -0.25) is 4.68 Å². The van der Waals surface area contributed by atoms with Crippen molar-refractivity contribution >= 4 is 21.6 Å². The van der Waals surface area contributed by atoms with Gasteiger partial charge in [0.2, 0.25) is 0 Å². The first-order valence-corrected chi connectivity index (χ1v) is 7.42. The van der Waals surface area contributed by atoms with Crippen molar-refractivity contribution in [2.75, 3.05) is 5.32 Å². The molecule has 0 atom stereocenters. The van der Waals surface area contributed by atoms with E-state index in [-0.39, 0.29) is 0 Å². The lowest BCUT2D eigenvalue weighted by Gasteiger charge is -2.14. The molecule has 4 heteroatoms. The van der Waals surface area contributed by atoms with E-state index in [1.165, 1.54) is 22.5 Å². The van der Waals surface area contributed by atoms with Crippen molar-refractivity contribution in [2.24, 2.45) is 0 Å². The molecule has 0 saturated carbocycles. The molecule has 19 heavy (non-hydrogen) atoms. The number of nitrogens with one attached hydrogen (secondary N) is 1. The largest absolute Gasteiger partial charge is 0.379 e. The van der Waals surface area contributed by atoms with Crippen molar-refractivity contribution in [3.8, 4) is 0 Å². The Morgan fingerprint density at radius 1 is 1.26 bits per heavy atom. The van der Waals surface area contributed by atoms with Crippen LogP contribution in [0.3, 0.4) is 0 Å². The van der Waals surface area contributed by atoms with Crippen LogP contribution in [0.4, 0.5) is 5.69 Å². The molecule has 0 spiro atoms. The van der Waals surface area contributed by atoms with Crippen LogP contribution in [0.25, 0.3) is 0 Å². The van der Waals surface area contributed by atoms with Crippen LogP contribution in [0.5, 0.6) is 0 Å². The zero-order valence-electron chi connectivity index (χ0n) is 11.7. The number of aryl methyl sites for hydroxylation is 3. The summed E-state index contributed by atoms with van der Waals surface area (Å²) in [6, 6.07) is 6.35. The van der Waals surface area contributed by atoms with Crippen molar-refractivity contribution in [1.82, 2.24) is 9.78 Å². The van der Waals surface area contributed by atoms with Gasteiger partial charge in [-0.1, -0.05) is 22.9 Å². The van der Waals surface area contributed by atoms with Gasteiger partial charge in [-0.2, -0.15) is 5.10 Å². The van der Waals surface area contributed by atoms with Gasteiger partial charge in [-0.15, -0.1) is 0 Å². The van der Waals surface area contributed by atoms with Crippen LogP contribution in [0.1, 0.15) is 30.2 Å². The van der Waals surface area contributed by atoms with Crippen LogP contribution in [-0.2, 0) is 13.1 Å². The summed E-state index contributed by atoms with van der Waals surface area (Å²) in [4.78, 5) is 0. The summed E-state index contributed by atoms with van der Waals surface area (Å²) in [7, 11) is 0. The second-order valence-corrected chi connectivity index (χ2v) is 5.73. The van der Waals surface area contributed by atoms with Crippen LogP contribution in [0, 0.1) is 13.8 Å². The van der Waals surface area contributed by atoms with E-state index in [9.17, 15) is 0 Å². The SMILES string of the molecule is CCCn1nccc1CNc1c(C)cc(Br)cc1C. The number of halogens is 1. The van der Waals surface area contributed by atoms with Gasteiger partial charge in [0.05, 0.1) is 12.2 Å². The molecule has 0 aliphatic carbocycles. The number of hydrogen-bond donors (Lipinski definition) is 1. The first kappa shape index (κ1) is 14.1. The minimum atomic E-state index is 0.809. The second kappa shape index (κ2) is 6.24. The monoisotopic (exact) mass is 321 g/mol. The molecule has 0 aliphatic rings. The first-order valence-electron chi connectivity index (χ1n) is 6.63. The molecule has 1 N–H and O–H groups in total. The summed E-state index contributed by atoms with van der Waals surface area (Å²) in [5, 5.41) is 7.87. The summed E-state index contributed by atoms with van der Waals surface area (Å²) < 4.78 is 3.19. The molecular weight excluding hydrogens is 302 g/mol. The average Bonchev–Trinajstić information content (AvgIpc) is 2.76. The molecule has 1 aromatic carbocycles. The molecule has 1 heterocycles. The molecule has 1 aromatic heterocycles. The Kier molecular flexibility index (Phi) is 4.64. The Morgan fingerprint density at radius 2 is 1.95 bits per heavy atom. The number of rotatable bonds is 5. The highest BCUT2D eigenvalue weighted by Crippen LogP contribution is 2.25. The minimum Gasteiger partial charge on any atom is -0.379 e. The molecule has 0 fully saturated rings. The lowest BCUT2D eigenvalue weighted by Crippen LogP contribution is -2.10. The summed E-state index contributed by atoms with van der Waals surface area (Å²) in [6.45, 7) is 8.21. The van der Waals surface area contributed by atoms with E-state index in [2.05, 4.69) is 70.0 Å². The second-order valence-electron chi connectivity index (χ2n) is 4.81. The normalized spacial score (nSPS) is 10.7. The summed E-state index contributed by atoms with van der Waals surface area (Å²) in [5.74, 6) is 0. The molecule has 0 bridgehead atoms. The van der Waals surface area contributed by atoms with Gasteiger partial charge < -0.3 is 5.32 Å².